The van der Waals surface area contributed by atoms with Crippen LogP contribution >= 0.6 is 0 Å². The molecular weight excluding hydrogens is 528 g/mol. The fourth-order valence-electron chi connectivity index (χ4n) is 4.98. The van der Waals surface area contributed by atoms with Gasteiger partial charge < -0.3 is 24.8 Å². The molecule has 0 spiro atoms. The number of nitrogens with zero attached hydrogens (tertiary/aromatic N) is 1. The summed E-state index contributed by atoms with van der Waals surface area (Å²) >= 11 is 1.54. The number of allylic oxidation sites excluding steroid dienone is 1. The number of methoxy groups -OCH3 is 1. The van der Waals surface area contributed by atoms with Gasteiger partial charge in [-0.3, -0.25) is 0 Å². The number of hydrogen-bond donors (Lipinski definition) is 0. The van der Waals surface area contributed by atoms with Gasteiger partial charge in [0.25, 0.3) is 0 Å². The van der Waals surface area contributed by atoms with Crippen molar-refractivity contribution < 1.29 is 54.3 Å². The van der Waals surface area contributed by atoms with Gasteiger partial charge in [0, 0.05) is 0 Å². The second-order valence-corrected chi connectivity index (χ2v) is 11.1. The van der Waals surface area contributed by atoms with E-state index in [9.17, 15) is 0 Å². The average Bonchev–Trinajstić information content (AvgIpc) is 3.05. The maximum absolute atomic E-state index is 6.19. The molecule has 3 aromatic rings. The van der Waals surface area contributed by atoms with E-state index >= 15 is 0 Å². The average molecular weight is 557 g/mol. The van der Waals surface area contributed by atoms with Crippen LogP contribution in [0.3, 0.4) is 0 Å². The van der Waals surface area contributed by atoms with Gasteiger partial charge in [0.2, 0.25) is 0 Å². The Morgan fingerprint density at radius 1 is 0.970 bits per heavy atom. The molecule has 5 heteroatoms. The molecule has 0 radical (unpaired) electrons. The molecule has 2 aliphatic rings. The van der Waals surface area contributed by atoms with Gasteiger partial charge in [-0.1, -0.05) is 0 Å². The maximum Gasteiger partial charge on any atom is -1.00 e. The van der Waals surface area contributed by atoms with E-state index in [1.807, 2.05) is 7.11 Å². The number of rotatable bonds is 2. The SMILES string of the molecule is COc1c(C(C)(C)C)cc2c(c1N1Cc3ccccc3-c3ccccc31)C=C(C)[CH]2[Zr+2].[Cl-].[Cl-]. The summed E-state index contributed by atoms with van der Waals surface area (Å²) in [7, 11) is 1.82. The van der Waals surface area contributed by atoms with Crippen molar-refractivity contribution in [2.75, 3.05) is 12.0 Å². The van der Waals surface area contributed by atoms with E-state index in [1.54, 1.807) is 24.7 Å². The van der Waals surface area contributed by atoms with Gasteiger partial charge in [-0.25, -0.2) is 0 Å². The summed E-state index contributed by atoms with van der Waals surface area (Å²) in [5.74, 6) is 1.01. The number of para-hydroxylation sites is 1. The largest absolute Gasteiger partial charge is 1.00 e. The summed E-state index contributed by atoms with van der Waals surface area (Å²) in [6, 6.07) is 20.0. The van der Waals surface area contributed by atoms with E-state index in [0.29, 0.717) is 3.63 Å². The molecule has 1 heterocycles. The first-order valence-corrected chi connectivity index (χ1v) is 12.3. The van der Waals surface area contributed by atoms with Crippen LogP contribution in [0, 0.1) is 0 Å². The Balaban J connectivity index is 0.00000153. The predicted octanol–water partition coefficient (Wildman–Crippen LogP) is 1.32. The van der Waals surface area contributed by atoms with Crippen LogP contribution < -0.4 is 34.5 Å². The van der Waals surface area contributed by atoms with E-state index < -0.39 is 0 Å². The number of halogens is 2. The molecule has 33 heavy (non-hydrogen) atoms. The van der Waals surface area contributed by atoms with Gasteiger partial charge in [0.15, 0.2) is 0 Å². The normalized spacial score (nSPS) is 16.0. The second-order valence-electron chi connectivity index (χ2n) is 9.64. The third-order valence-corrected chi connectivity index (χ3v) is 8.46. The Morgan fingerprint density at radius 3 is 2.27 bits per heavy atom. The topological polar surface area (TPSA) is 12.5 Å². The zero-order chi connectivity index (χ0) is 21.9. The van der Waals surface area contributed by atoms with Crippen molar-refractivity contribution in [2.45, 2.75) is 43.3 Å². The van der Waals surface area contributed by atoms with Gasteiger partial charge in [-0.2, -0.15) is 0 Å². The van der Waals surface area contributed by atoms with E-state index in [0.717, 1.165) is 12.3 Å². The number of hydrogen-bond acceptors (Lipinski definition) is 2. The molecule has 3 aromatic carbocycles. The number of fused-ring (bicyclic) bond motifs is 4. The van der Waals surface area contributed by atoms with Crippen molar-refractivity contribution >= 4 is 17.5 Å². The number of anilines is 2. The Hall–Kier alpha value is -1.54. The quantitative estimate of drug-likeness (QED) is 0.473. The molecule has 2 nitrogen and oxygen atoms in total. The molecule has 1 aliphatic carbocycles. The first-order valence-electron chi connectivity index (χ1n) is 10.9. The Kier molecular flexibility index (Phi) is 7.59. The first kappa shape index (κ1) is 26.1. The first-order chi connectivity index (χ1) is 14.8. The van der Waals surface area contributed by atoms with Crippen LogP contribution in [-0.2, 0) is 36.7 Å². The third-order valence-electron chi connectivity index (χ3n) is 6.58. The fourth-order valence-corrected chi connectivity index (χ4v) is 5.77. The summed E-state index contributed by atoms with van der Waals surface area (Å²) in [6.07, 6.45) is 2.39. The summed E-state index contributed by atoms with van der Waals surface area (Å²) in [5.41, 5.74) is 12.0. The van der Waals surface area contributed by atoms with Crippen molar-refractivity contribution in [1.82, 2.24) is 0 Å². The van der Waals surface area contributed by atoms with Crippen LogP contribution in [0.15, 0.2) is 60.2 Å². The summed E-state index contributed by atoms with van der Waals surface area (Å²) < 4.78 is 6.71. The predicted molar refractivity (Wildman–Crippen MR) is 126 cm³/mol. The maximum atomic E-state index is 6.19. The van der Waals surface area contributed by atoms with Crippen LogP contribution in [0.25, 0.3) is 17.2 Å². The zero-order valence-electron chi connectivity index (χ0n) is 19.7. The van der Waals surface area contributed by atoms with Crippen molar-refractivity contribution in [3.63, 3.8) is 0 Å². The van der Waals surface area contributed by atoms with Crippen molar-refractivity contribution in [3.8, 4) is 16.9 Å². The molecule has 0 N–H and O–H groups in total. The molecule has 1 aliphatic heterocycles. The minimum atomic E-state index is -0.00533. The van der Waals surface area contributed by atoms with Crippen molar-refractivity contribution in [2.24, 2.45) is 0 Å². The second kappa shape index (κ2) is 9.61. The summed E-state index contributed by atoms with van der Waals surface area (Å²) in [6.45, 7) is 9.97. The standard InChI is InChI=1S/C28H28NO.2ClH.Zr/c1-18-14-20-16-24(28(2,3)4)27(30-5)26(23(20)15-18)29-17-19-10-6-7-11-21(19)22-12-8-9-13-25(22)29;;;/h6-16H,17H2,1-5H3;2*1H;/q;;;+2/p-2. The number of ether oxygens (including phenoxy) is 1. The van der Waals surface area contributed by atoms with Crippen LogP contribution in [0.2, 0.25) is 0 Å². The van der Waals surface area contributed by atoms with E-state index in [1.165, 1.54) is 50.3 Å². The molecule has 1 atom stereocenters. The van der Waals surface area contributed by atoms with Crippen molar-refractivity contribution in [3.05, 3.63) is 82.4 Å². The molecule has 0 bridgehead atoms. The third kappa shape index (κ3) is 4.22. The van der Waals surface area contributed by atoms with E-state index in [4.69, 9.17) is 4.74 Å². The molecular formula is C28H28Cl2NOZr. The smallest absolute Gasteiger partial charge is 1.00 e. The molecule has 0 saturated heterocycles. The van der Waals surface area contributed by atoms with E-state index in [-0.39, 0.29) is 30.2 Å². The van der Waals surface area contributed by atoms with E-state index in [2.05, 4.69) is 93.3 Å². The van der Waals surface area contributed by atoms with Gasteiger partial charge in [-0.05, 0) is 0 Å². The van der Waals surface area contributed by atoms with Gasteiger partial charge in [0.1, 0.15) is 0 Å². The van der Waals surface area contributed by atoms with Gasteiger partial charge in [-0.15, -0.1) is 0 Å². The number of benzene rings is 3. The molecule has 5 rings (SSSR count). The van der Waals surface area contributed by atoms with Gasteiger partial charge >= 0.3 is 201 Å². The van der Waals surface area contributed by atoms with Crippen LogP contribution in [0.1, 0.15) is 53.6 Å². The van der Waals surface area contributed by atoms with Crippen LogP contribution in [0.4, 0.5) is 11.4 Å². The fraction of sp³-hybridized carbons (Fsp3) is 0.286. The Morgan fingerprint density at radius 2 is 1.61 bits per heavy atom. The summed E-state index contributed by atoms with van der Waals surface area (Å²) in [4.78, 5) is 2.49. The van der Waals surface area contributed by atoms with Crippen LogP contribution in [-0.4, -0.2) is 7.11 Å². The zero-order valence-corrected chi connectivity index (χ0v) is 23.6. The van der Waals surface area contributed by atoms with Crippen LogP contribution in [0.5, 0.6) is 5.75 Å². The van der Waals surface area contributed by atoms with Crippen molar-refractivity contribution in [1.29, 1.82) is 0 Å². The molecule has 0 aromatic heterocycles. The molecule has 0 amide bonds. The molecule has 169 valence electrons. The monoisotopic (exact) mass is 554 g/mol. The molecule has 0 fully saturated rings. The molecule has 0 saturated carbocycles. The Labute approximate surface area is 225 Å². The minimum absolute atomic E-state index is 0. The summed E-state index contributed by atoms with van der Waals surface area (Å²) in [5, 5.41) is 0. The minimum Gasteiger partial charge on any atom is -1.00 e. The Bertz CT molecular complexity index is 1230. The van der Waals surface area contributed by atoms with Gasteiger partial charge in [0.05, 0.1) is 0 Å². The molecule has 1 unspecified atom stereocenters.